The molecule has 0 saturated carbocycles. The van der Waals surface area contributed by atoms with Gasteiger partial charge in [0.15, 0.2) is 0 Å². The summed E-state index contributed by atoms with van der Waals surface area (Å²) in [5.74, 6) is 0.473. The fourth-order valence-electron chi connectivity index (χ4n) is 3.70. The van der Waals surface area contributed by atoms with Crippen molar-refractivity contribution in [1.82, 2.24) is 10.2 Å². The quantitative estimate of drug-likeness (QED) is 0.322. The number of nitrogens with zero attached hydrogens (tertiary/aromatic N) is 1. The monoisotopic (exact) mass is 490 g/mol. The predicted molar refractivity (Wildman–Crippen MR) is 137 cm³/mol. The minimum Gasteiger partial charge on any atom is -0.497 e. The molecule has 0 aliphatic carbocycles. The van der Waals surface area contributed by atoms with Crippen LogP contribution in [0.15, 0.2) is 89.6 Å². The van der Waals surface area contributed by atoms with Crippen LogP contribution in [-0.2, 0) is 29.1 Å². The van der Waals surface area contributed by atoms with Crippen LogP contribution in [0.2, 0.25) is 0 Å². The number of methoxy groups -OCH3 is 1. The summed E-state index contributed by atoms with van der Waals surface area (Å²) in [6, 6.07) is 24.2. The smallest absolute Gasteiger partial charge is 0.247 e. The predicted octanol–water partition coefficient (Wildman–Crippen LogP) is 5.45. The Hall–Kier alpha value is -3.42. The molecule has 0 saturated heterocycles. The van der Waals surface area contributed by atoms with Crippen molar-refractivity contribution in [2.24, 2.45) is 0 Å². The molecule has 2 heterocycles. The lowest BCUT2D eigenvalue weighted by molar-refractivity contribution is -0.141. The molecule has 4 aromatic rings. The van der Waals surface area contributed by atoms with Crippen molar-refractivity contribution in [3.05, 3.63) is 111 Å². The number of hydrogen-bond donors (Lipinski definition) is 1. The molecule has 5 nitrogen and oxygen atoms in total. The summed E-state index contributed by atoms with van der Waals surface area (Å²) in [4.78, 5) is 30.8. The van der Waals surface area contributed by atoms with Crippen LogP contribution in [-0.4, -0.2) is 23.8 Å². The maximum absolute atomic E-state index is 13.6. The summed E-state index contributed by atoms with van der Waals surface area (Å²) in [5, 5.41) is 6.99. The molecule has 0 spiro atoms. The van der Waals surface area contributed by atoms with E-state index in [1.807, 2.05) is 89.6 Å². The highest BCUT2D eigenvalue weighted by Crippen LogP contribution is 2.27. The van der Waals surface area contributed by atoms with Gasteiger partial charge in [-0.2, -0.15) is 0 Å². The maximum Gasteiger partial charge on any atom is 0.247 e. The number of ether oxygens (including phenoxy) is 1. The first-order valence-electron chi connectivity index (χ1n) is 10.9. The average molecular weight is 491 g/mol. The van der Waals surface area contributed by atoms with Gasteiger partial charge in [0, 0.05) is 16.3 Å². The Morgan fingerprint density at radius 3 is 2.18 bits per heavy atom. The topological polar surface area (TPSA) is 58.6 Å². The van der Waals surface area contributed by atoms with Crippen molar-refractivity contribution in [2.75, 3.05) is 7.11 Å². The largest absolute Gasteiger partial charge is 0.497 e. The van der Waals surface area contributed by atoms with Gasteiger partial charge in [0.05, 0.1) is 20.1 Å². The first-order chi connectivity index (χ1) is 16.6. The molecule has 174 valence electrons. The van der Waals surface area contributed by atoms with Crippen LogP contribution in [0.5, 0.6) is 5.75 Å². The second kappa shape index (κ2) is 11.6. The van der Waals surface area contributed by atoms with Gasteiger partial charge in [-0.1, -0.05) is 54.6 Å². The second-order valence-electron chi connectivity index (χ2n) is 7.74. The summed E-state index contributed by atoms with van der Waals surface area (Å²) in [6.07, 6.45) is 0.262. The maximum atomic E-state index is 13.6. The number of amides is 2. The molecular weight excluding hydrogens is 464 g/mol. The molecule has 0 bridgehead atoms. The zero-order valence-electron chi connectivity index (χ0n) is 18.8. The van der Waals surface area contributed by atoms with E-state index in [1.54, 1.807) is 34.7 Å². The summed E-state index contributed by atoms with van der Waals surface area (Å²) >= 11 is 3.13. The highest BCUT2D eigenvalue weighted by Gasteiger charge is 2.31. The van der Waals surface area contributed by atoms with Crippen LogP contribution in [0.25, 0.3) is 0 Å². The molecule has 2 amide bonds. The molecule has 0 aliphatic heterocycles. The zero-order chi connectivity index (χ0) is 23.8. The van der Waals surface area contributed by atoms with E-state index in [1.165, 1.54) is 0 Å². The van der Waals surface area contributed by atoms with Gasteiger partial charge in [0.2, 0.25) is 11.8 Å². The SMILES string of the molecule is COc1ccc(CNC(=O)C(c2ccccc2)N(Cc2cccs2)C(=O)Cc2cccs2)cc1. The number of carbonyl (C=O) groups excluding carboxylic acids is 2. The molecule has 1 N–H and O–H groups in total. The Kier molecular flexibility index (Phi) is 8.12. The van der Waals surface area contributed by atoms with Crippen molar-refractivity contribution in [3.63, 3.8) is 0 Å². The lowest BCUT2D eigenvalue weighted by atomic mass is 10.0. The molecule has 4 rings (SSSR count). The summed E-state index contributed by atoms with van der Waals surface area (Å²) in [5.41, 5.74) is 1.74. The molecule has 34 heavy (non-hydrogen) atoms. The summed E-state index contributed by atoms with van der Waals surface area (Å²) in [6.45, 7) is 0.732. The third-order valence-electron chi connectivity index (χ3n) is 5.43. The van der Waals surface area contributed by atoms with Crippen molar-refractivity contribution >= 4 is 34.5 Å². The van der Waals surface area contributed by atoms with Gasteiger partial charge in [0.25, 0.3) is 0 Å². The molecule has 2 aromatic carbocycles. The van der Waals surface area contributed by atoms with Crippen molar-refractivity contribution in [2.45, 2.75) is 25.6 Å². The van der Waals surface area contributed by atoms with E-state index in [0.717, 1.165) is 26.6 Å². The standard InChI is InChI=1S/C27H26N2O3S2/c1-32-22-13-11-20(12-14-22)18-28-27(31)26(21-7-3-2-4-8-21)29(19-24-10-6-16-34-24)25(30)17-23-9-5-15-33-23/h2-16,26H,17-19H2,1H3,(H,28,31). The third kappa shape index (κ3) is 6.12. The van der Waals surface area contributed by atoms with E-state index in [9.17, 15) is 9.59 Å². The first kappa shape index (κ1) is 23.7. The molecule has 1 unspecified atom stereocenters. The Labute approximate surface area is 207 Å². The number of nitrogens with one attached hydrogen (secondary N) is 1. The first-order valence-corrected chi connectivity index (χ1v) is 12.7. The van der Waals surface area contributed by atoms with E-state index in [4.69, 9.17) is 4.74 Å². The van der Waals surface area contributed by atoms with E-state index in [0.29, 0.717) is 13.1 Å². The molecule has 1 atom stereocenters. The molecule has 2 aromatic heterocycles. The Morgan fingerprint density at radius 1 is 0.882 bits per heavy atom. The minimum atomic E-state index is -0.742. The van der Waals surface area contributed by atoms with Crippen LogP contribution >= 0.6 is 22.7 Å². The Bertz CT molecular complexity index is 1170. The van der Waals surface area contributed by atoms with E-state index in [2.05, 4.69) is 5.32 Å². The Morgan fingerprint density at radius 2 is 1.56 bits per heavy atom. The molecule has 0 fully saturated rings. The van der Waals surface area contributed by atoms with Gasteiger partial charge < -0.3 is 15.0 Å². The second-order valence-corrected chi connectivity index (χ2v) is 9.80. The number of hydrogen-bond acceptors (Lipinski definition) is 5. The Balaban J connectivity index is 1.61. The lowest BCUT2D eigenvalue weighted by Crippen LogP contribution is -2.43. The van der Waals surface area contributed by atoms with Gasteiger partial charge in [-0.25, -0.2) is 0 Å². The van der Waals surface area contributed by atoms with Gasteiger partial charge in [0.1, 0.15) is 11.8 Å². The zero-order valence-corrected chi connectivity index (χ0v) is 20.5. The minimum absolute atomic E-state index is 0.0794. The van der Waals surface area contributed by atoms with E-state index < -0.39 is 6.04 Å². The third-order valence-corrected chi connectivity index (χ3v) is 7.17. The van der Waals surface area contributed by atoms with Crippen LogP contribution in [0, 0.1) is 0 Å². The van der Waals surface area contributed by atoms with Crippen LogP contribution in [0.4, 0.5) is 0 Å². The molecular formula is C27H26N2O3S2. The van der Waals surface area contributed by atoms with Gasteiger partial charge in [-0.15, -0.1) is 22.7 Å². The highest BCUT2D eigenvalue weighted by atomic mass is 32.1. The van der Waals surface area contributed by atoms with E-state index >= 15 is 0 Å². The fourth-order valence-corrected chi connectivity index (χ4v) is 5.09. The van der Waals surface area contributed by atoms with Gasteiger partial charge >= 0.3 is 0 Å². The van der Waals surface area contributed by atoms with Gasteiger partial charge in [-0.05, 0) is 46.2 Å². The average Bonchev–Trinajstić information content (AvgIpc) is 3.58. The highest BCUT2D eigenvalue weighted by molar-refractivity contribution is 7.10. The lowest BCUT2D eigenvalue weighted by Gasteiger charge is -2.31. The number of rotatable bonds is 10. The van der Waals surface area contributed by atoms with Gasteiger partial charge in [-0.3, -0.25) is 9.59 Å². The molecule has 0 radical (unpaired) electrons. The summed E-state index contributed by atoms with van der Waals surface area (Å²) < 4.78 is 5.21. The van der Waals surface area contributed by atoms with E-state index in [-0.39, 0.29) is 18.2 Å². The van der Waals surface area contributed by atoms with Crippen LogP contribution < -0.4 is 10.1 Å². The van der Waals surface area contributed by atoms with Crippen molar-refractivity contribution < 1.29 is 14.3 Å². The molecule has 7 heteroatoms. The molecule has 0 aliphatic rings. The van der Waals surface area contributed by atoms with Crippen LogP contribution in [0.3, 0.4) is 0 Å². The van der Waals surface area contributed by atoms with Crippen molar-refractivity contribution in [1.29, 1.82) is 0 Å². The van der Waals surface area contributed by atoms with Crippen molar-refractivity contribution in [3.8, 4) is 5.75 Å². The summed E-state index contributed by atoms with van der Waals surface area (Å²) in [7, 11) is 1.62. The fraction of sp³-hybridized carbons (Fsp3) is 0.185. The number of carbonyl (C=O) groups is 2. The number of benzene rings is 2. The van der Waals surface area contributed by atoms with Crippen LogP contribution in [0.1, 0.15) is 26.9 Å². The number of thiophene rings is 2. The normalized spacial score (nSPS) is 11.6.